The highest BCUT2D eigenvalue weighted by Crippen LogP contribution is 2.22. The maximum Gasteiger partial charge on any atom is 0.198 e. The van der Waals surface area contributed by atoms with Gasteiger partial charge in [-0.2, -0.15) is 5.10 Å². The summed E-state index contributed by atoms with van der Waals surface area (Å²) in [6, 6.07) is 8.21. The van der Waals surface area contributed by atoms with Gasteiger partial charge < -0.3 is 4.57 Å². The van der Waals surface area contributed by atoms with E-state index in [1.54, 1.807) is 17.7 Å². The van der Waals surface area contributed by atoms with Crippen LogP contribution in [-0.2, 0) is 20.3 Å². The predicted molar refractivity (Wildman–Crippen MR) is 83.1 cm³/mol. The number of para-hydroxylation sites is 1. The number of thiazole rings is 1. The molecule has 0 unspecified atom stereocenters. The molecular formula is C13H15N5S2. The average Bonchev–Trinajstić information content (AvgIpc) is 2.96. The van der Waals surface area contributed by atoms with E-state index in [-0.39, 0.29) is 0 Å². The molecule has 3 aromatic rings. The van der Waals surface area contributed by atoms with E-state index in [0.29, 0.717) is 6.67 Å². The lowest BCUT2D eigenvalue weighted by atomic mass is 10.3. The Hall–Kier alpha value is -1.57. The van der Waals surface area contributed by atoms with Gasteiger partial charge >= 0.3 is 0 Å². The van der Waals surface area contributed by atoms with Crippen LogP contribution in [0.25, 0.3) is 10.2 Å². The van der Waals surface area contributed by atoms with Gasteiger partial charge in [-0.15, -0.1) is 11.3 Å². The molecule has 104 valence electrons. The van der Waals surface area contributed by atoms with E-state index in [9.17, 15) is 0 Å². The number of nitrogens with zero attached hydrogens (tertiary/aromatic N) is 5. The zero-order valence-electron chi connectivity index (χ0n) is 11.4. The Bertz CT molecular complexity index is 752. The van der Waals surface area contributed by atoms with E-state index in [4.69, 9.17) is 12.2 Å². The van der Waals surface area contributed by atoms with E-state index in [2.05, 4.69) is 21.0 Å². The van der Waals surface area contributed by atoms with Crippen molar-refractivity contribution in [1.82, 2.24) is 24.2 Å². The van der Waals surface area contributed by atoms with Gasteiger partial charge in [0.25, 0.3) is 0 Å². The van der Waals surface area contributed by atoms with Crippen LogP contribution in [0.4, 0.5) is 0 Å². The van der Waals surface area contributed by atoms with E-state index in [1.165, 1.54) is 4.70 Å². The summed E-state index contributed by atoms with van der Waals surface area (Å²) in [7, 11) is 3.95. The number of aryl methyl sites for hydroxylation is 1. The van der Waals surface area contributed by atoms with Gasteiger partial charge in [0, 0.05) is 7.05 Å². The van der Waals surface area contributed by atoms with Gasteiger partial charge in [0.1, 0.15) is 11.3 Å². The Morgan fingerprint density at radius 3 is 2.85 bits per heavy atom. The van der Waals surface area contributed by atoms with Crippen LogP contribution in [0.3, 0.4) is 0 Å². The Labute approximate surface area is 126 Å². The first-order valence-electron chi connectivity index (χ1n) is 6.25. The monoisotopic (exact) mass is 305 g/mol. The maximum absolute atomic E-state index is 5.29. The van der Waals surface area contributed by atoms with Crippen molar-refractivity contribution in [3.05, 3.63) is 40.4 Å². The third-order valence-corrected chi connectivity index (χ3v) is 4.53. The number of hydrogen-bond acceptors (Lipinski definition) is 5. The van der Waals surface area contributed by atoms with Crippen LogP contribution in [0.2, 0.25) is 0 Å². The van der Waals surface area contributed by atoms with Crippen molar-refractivity contribution in [3.63, 3.8) is 0 Å². The standard InChI is InChI=1S/C13H15N5S2/c1-16(9-18-13(19)17(2)8-14-18)7-12-15-10-5-3-4-6-11(10)20-12/h3-6,8H,7,9H2,1-2H3. The minimum Gasteiger partial charge on any atom is -0.310 e. The fourth-order valence-electron chi connectivity index (χ4n) is 2.01. The van der Waals surface area contributed by atoms with Crippen molar-refractivity contribution in [2.45, 2.75) is 13.2 Å². The quantitative estimate of drug-likeness (QED) is 0.695. The zero-order valence-corrected chi connectivity index (χ0v) is 13.0. The highest BCUT2D eigenvalue weighted by molar-refractivity contribution is 7.71. The number of aromatic nitrogens is 4. The van der Waals surface area contributed by atoms with Gasteiger partial charge in [0.2, 0.25) is 0 Å². The van der Waals surface area contributed by atoms with Gasteiger partial charge in [-0.3, -0.25) is 4.90 Å². The van der Waals surface area contributed by atoms with Crippen LogP contribution in [0, 0.1) is 4.77 Å². The van der Waals surface area contributed by atoms with Crippen molar-refractivity contribution in [2.24, 2.45) is 7.05 Å². The SMILES string of the molecule is CN(Cc1nc2ccccc2s1)Cn1ncn(C)c1=S. The molecule has 0 saturated heterocycles. The molecule has 0 aliphatic carbocycles. The van der Waals surface area contributed by atoms with Crippen molar-refractivity contribution in [2.75, 3.05) is 7.05 Å². The number of fused-ring (bicyclic) bond motifs is 1. The van der Waals surface area contributed by atoms with Crippen LogP contribution in [0.5, 0.6) is 0 Å². The Morgan fingerprint density at radius 2 is 2.15 bits per heavy atom. The first-order valence-corrected chi connectivity index (χ1v) is 7.47. The van der Waals surface area contributed by atoms with Crippen LogP contribution in [0.15, 0.2) is 30.6 Å². The molecule has 5 nitrogen and oxygen atoms in total. The molecule has 0 amide bonds. The summed E-state index contributed by atoms with van der Waals surface area (Å²) >= 11 is 7.02. The smallest absolute Gasteiger partial charge is 0.198 e. The molecule has 2 heterocycles. The van der Waals surface area contributed by atoms with E-state index in [1.807, 2.05) is 41.5 Å². The van der Waals surface area contributed by atoms with Gasteiger partial charge in [-0.25, -0.2) is 9.67 Å². The van der Waals surface area contributed by atoms with E-state index in [0.717, 1.165) is 21.8 Å². The Balaban J connectivity index is 1.74. The molecule has 20 heavy (non-hydrogen) atoms. The molecule has 0 fully saturated rings. The summed E-state index contributed by atoms with van der Waals surface area (Å²) in [5.74, 6) is 0. The fraction of sp³-hybridized carbons (Fsp3) is 0.308. The third-order valence-electron chi connectivity index (χ3n) is 3.01. The molecule has 0 spiro atoms. The van der Waals surface area contributed by atoms with E-state index < -0.39 is 0 Å². The first kappa shape index (κ1) is 13.4. The molecule has 0 radical (unpaired) electrons. The minimum absolute atomic E-state index is 0.662. The summed E-state index contributed by atoms with van der Waals surface area (Å²) < 4.78 is 5.59. The summed E-state index contributed by atoms with van der Waals surface area (Å²) in [6.45, 7) is 1.45. The van der Waals surface area contributed by atoms with Crippen molar-refractivity contribution < 1.29 is 0 Å². The molecule has 1 aromatic carbocycles. The topological polar surface area (TPSA) is 38.9 Å². The average molecular weight is 305 g/mol. The first-order chi connectivity index (χ1) is 9.63. The van der Waals surface area contributed by atoms with Gasteiger partial charge in [0.05, 0.1) is 23.4 Å². The number of hydrogen-bond donors (Lipinski definition) is 0. The highest BCUT2D eigenvalue weighted by Gasteiger charge is 2.08. The lowest BCUT2D eigenvalue weighted by molar-refractivity contribution is 0.243. The second-order valence-corrected chi connectivity index (χ2v) is 6.24. The molecule has 3 rings (SSSR count). The largest absolute Gasteiger partial charge is 0.310 e. The van der Waals surface area contributed by atoms with Gasteiger partial charge in [-0.05, 0) is 31.4 Å². The summed E-state index contributed by atoms with van der Waals surface area (Å²) in [5.41, 5.74) is 1.07. The second kappa shape index (κ2) is 5.43. The molecule has 2 aromatic heterocycles. The maximum atomic E-state index is 5.29. The Morgan fingerprint density at radius 1 is 1.35 bits per heavy atom. The molecule has 0 aliphatic rings. The summed E-state index contributed by atoms with van der Waals surface area (Å²) in [4.78, 5) is 6.79. The highest BCUT2D eigenvalue weighted by atomic mass is 32.1. The zero-order chi connectivity index (χ0) is 14.1. The summed E-state index contributed by atoms with van der Waals surface area (Å²) in [5, 5.41) is 5.36. The van der Waals surface area contributed by atoms with Gasteiger partial charge in [-0.1, -0.05) is 12.1 Å². The van der Waals surface area contributed by atoms with Crippen molar-refractivity contribution in [3.8, 4) is 0 Å². The molecule has 0 aliphatic heterocycles. The molecule has 0 saturated carbocycles. The van der Waals surface area contributed by atoms with Crippen molar-refractivity contribution in [1.29, 1.82) is 0 Å². The lowest BCUT2D eigenvalue weighted by Crippen LogP contribution is -2.22. The Kier molecular flexibility index (Phi) is 3.64. The molecular weight excluding hydrogens is 290 g/mol. The van der Waals surface area contributed by atoms with Crippen LogP contribution in [-0.4, -0.2) is 31.3 Å². The molecule has 0 bridgehead atoms. The molecule has 0 atom stereocenters. The minimum atomic E-state index is 0.662. The molecule has 7 heteroatoms. The van der Waals surface area contributed by atoms with Crippen molar-refractivity contribution >= 4 is 33.8 Å². The third kappa shape index (κ3) is 2.65. The normalized spacial score (nSPS) is 11.6. The van der Waals surface area contributed by atoms with Gasteiger partial charge in [0.15, 0.2) is 4.77 Å². The van der Waals surface area contributed by atoms with E-state index >= 15 is 0 Å². The second-order valence-electron chi connectivity index (χ2n) is 4.75. The molecule has 0 N–H and O–H groups in total. The van der Waals surface area contributed by atoms with Crippen LogP contribution in [0.1, 0.15) is 5.01 Å². The number of rotatable bonds is 4. The predicted octanol–water partition coefficient (Wildman–Crippen LogP) is 2.65. The van der Waals surface area contributed by atoms with Crippen LogP contribution < -0.4 is 0 Å². The number of benzene rings is 1. The fourth-order valence-corrected chi connectivity index (χ4v) is 3.21. The summed E-state index contributed by atoms with van der Waals surface area (Å²) in [6.07, 6.45) is 1.73. The lowest BCUT2D eigenvalue weighted by Gasteiger charge is -2.14. The van der Waals surface area contributed by atoms with Crippen LogP contribution >= 0.6 is 23.6 Å².